The summed E-state index contributed by atoms with van der Waals surface area (Å²) in [5.41, 5.74) is 12.3. The van der Waals surface area contributed by atoms with E-state index in [-0.39, 0.29) is 11.3 Å². The number of aromatic hydroxyl groups is 1. The third-order valence-corrected chi connectivity index (χ3v) is 2.36. The van der Waals surface area contributed by atoms with E-state index in [1.807, 2.05) is 20.8 Å². The van der Waals surface area contributed by atoms with Gasteiger partial charge in [0.05, 0.1) is 5.69 Å². The molecule has 0 aliphatic rings. The van der Waals surface area contributed by atoms with Gasteiger partial charge in [-0.25, -0.2) is 9.38 Å². The van der Waals surface area contributed by atoms with Crippen LogP contribution in [0, 0.1) is 11.2 Å². The largest absolute Gasteiger partial charge is 0.505 e. The van der Waals surface area contributed by atoms with Crippen molar-refractivity contribution in [1.29, 1.82) is 0 Å². The van der Waals surface area contributed by atoms with Crippen molar-refractivity contribution in [3.05, 3.63) is 35.8 Å². The number of aliphatic imine (C=N–C) groups is 1. The molecule has 0 bridgehead atoms. The van der Waals surface area contributed by atoms with E-state index >= 15 is 0 Å². The van der Waals surface area contributed by atoms with Gasteiger partial charge in [0.2, 0.25) is 0 Å². The Labute approximate surface area is 106 Å². The van der Waals surface area contributed by atoms with Crippen molar-refractivity contribution in [1.82, 2.24) is 0 Å². The zero-order chi connectivity index (χ0) is 13.9. The quantitative estimate of drug-likeness (QED) is 0.557. The summed E-state index contributed by atoms with van der Waals surface area (Å²) in [6.07, 6.45) is 1.56. The van der Waals surface area contributed by atoms with E-state index in [4.69, 9.17) is 11.5 Å². The summed E-state index contributed by atoms with van der Waals surface area (Å²) in [5, 5.41) is 9.20. The molecule has 1 aromatic rings. The van der Waals surface area contributed by atoms with Gasteiger partial charge < -0.3 is 16.6 Å². The van der Waals surface area contributed by atoms with Crippen molar-refractivity contribution >= 4 is 11.5 Å². The number of allylic oxidation sites excluding steroid dienone is 1. The van der Waals surface area contributed by atoms with E-state index in [0.29, 0.717) is 11.4 Å². The monoisotopic (exact) mass is 251 g/mol. The Hall–Kier alpha value is -2.04. The van der Waals surface area contributed by atoms with Crippen LogP contribution >= 0.6 is 0 Å². The molecule has 0 spiro atoms. The molecule has 0 unspecified atom stereocenters. The number of rotatable bonds is 2. The van der Waals surface area contributed by atoms with Crippen LogP contribution in [0.1, 0.15) is 20.8 Å². The fraction of sp³-hybridized carbons (Fsp3) is 0.308. The predicted octanol–water partition coefficient (Wildman–Crippen LogP) is 2.41. The van der Waals surface area contributed by atoms with Crippen molar-refractivity contribution in [2.75, 3.05) is 0 Å². The van der Waals surface area contributed by atoms with E-state index in [1.54, 1.807) is 6.08 Å². The summed E-state index contributed by atoms with van der Waals surface area (Å²) in [6.45, 7) is 5.86. The first-order valence-corrected chi connectivity index (χ1v) is 5.50. The van der Waals surface area contributed by atoms with Crippen molar-refractivity contribution < 1.29 is 9.50 Å². The maximum Gasteiger partial charge on any atom is 0.164 e. The van der Waals surface area contributed by atoms with Gasteiger partial charge in [0, 0.05) is 17.2 Å². The predicted molar refractivity (Wildman–Crippen MR) is 71.1 cm³/mol. The van der Waals surface area contributed by atoms with Crippen LogP contribution in [0.2, 0.25) is 0 Å². The maximum absolute atomic E-state index is 12.8. The normalized spacial score (nSPS) is 13.8. The number of nitrogens with zero attached hydrogens (tertiary/aromatic N) is 1. The minimum atomic E-state index is -0.697. The van der Waals surface area contributed by atoms with Gasteiger partial charge in [-0.1, -0.05) is 20.8 Å². The van der Waals surface area contributed by atoms with Crippen LogP contribution in [-0.4, -0.2) is 10.9 Å². The number of hydrogen-bond acceptors (Lipinski definition) is 3. The zero-order valence-corrected chi connectivity index (χ0v) is 10.7. The van der Waals surface area contributed by atoms with Gasteiger partial charge in [-0.2, -0.15) is 0 Å². The number of phenolic OH excluding ortho intramolecular Hbond substituents is 1. The molecule has 5 N–H and O–H groups in total. The standard InChI is InChI=1S/C13H18FN3O/c1-13(2,3)11(15)7-12(16)17-8-4-5-9(14)10(18)6-8/h4-7,18H,15H2,1-3H3,(H2,16,17). The Morgan fingerprint density at radius 3 is 2.44 bits per heavy atom. The van der Waals surface area contributed by atoms with E-state index in [0.717, 1.165) is 6.07 Å². The van der Waals surface area contributed by atoms with Crippen LogP contribution in [0.4, 0.5) is 10.1 Å². The van der Waals surface area contributed by atoms with Crippen LogP contribution in [0.3, 0.4) is 0 Å². The number of hydrogen-bond donors (Lipinski definition) is 3. The summed E-state index contributed by atoms with van der Waals surface area (Å²) < 4.78 is 12.8. The Morgan fingerprint density at radius 2 is 1.94 bits per heavy atom. The lowest BCUT2D eigenvalue weighted by molar-refractivity contribution is 0.432. The van der Waals surface area contributed by atoms with Crippen molar-refractivity contribution in [2.24, 2.45) is 21.9 Å². The average molecular weight is 251 g/mol. The van der Waals surface area contributed by atoms with Crippen LogP contribution in [0.5, 0.6) is 5.75 Å². The maximum atomic E-state index is 12.8. The number of phenols is 1. The van der Waals surface area contributed by atoms with E-state index in [1.165, 1.54) is 12.1 Å². The molecule has 0 aliphatic heterocycles. The molecule has 0 saturated carbocycles. The van der Waals surface area contributed by atoms with Crippen LogP contribution in [0.25, 0.3) is 0 Å². The molecule has 5 heteroatoms. The second-order valence-electron chi connectivity index (χ2n) is 5.02. The smallest absolute Gasteiger partial charge is 0.164 e. The van der Waals surface area contributed by atoms with Gasteiger partial charge in [0.25, 0.3) is 0 Å². The molecular formula is C13H18FN3O. The van der Waals surface area contributed by atoms with Gasteiger partial charge in [0.1, 0.15) is 5.84 Å². The summed E-state index contributed by atoms with van der Waals surface area (Å²) in [4.78, 5) is 4.03. The number of halogens is 1. The molecule has 0 aromatic heterocycles. The van der Waals surface area contributed by atoms with Gasteiger partial charge in [-0.05, 0) is 18.2 Å². The molecule has 0 fully saturated rings. The molecular weight excluding hydrogens is 233 g/mol. The first-order chi connectivity index (χ1) is 8.20. The highest BCUT2D eigenvalue weighted by Crippen LogP contribution is 2.23. The topological polar surface area (TPSA) is 84.6 Å². The van der Waals surface area contributed by atoms with Crippen molar-refractivity contribution in [2.45, 2.75) is 20.8 Å². The third-order valence-electron chi connectivity index (χ3n) is 2.36. The first kappa shape index (κ1) is 14.0. The Morgan fingerprint density at radius 1 is 1.33 bits per heavy atom. The molecule has 1 rings (SSSR count). The Kier molecular flexibility index (Phi) is 3.96. The third kappa shape index (κ3) is 3.76. The summed E-state index contributed by atoms with van der Waals surface area (Å²) >= 11 is 0. The molecule has 98 valence electrons. The Balaban J connectivity index is 3.00. The SMILES string of the molecule is CC(C)(C)C(N)=CC(N)=Nc1ccc(F)c(O)c1. The van der Waals surface area contributed by atoms with Crippen LogP contribution in [-0.2, 0) is 0 Å². The molecule has 0 amide bonds. The van der Waals surface area contributed by atoms with Crippen LogP contribution < -0.4 is 11.5 Å². The second-order valence-corrected chi connectivity index (χ2v) is 5.02. The van der Waals surface area contributed by atoms with Crippen molar-refractivity contribution in [3.8, 4) is 5.75 Å². The molecule has 0 radical (unpaired) electrons. The average Bonchev–Trinajstić information content (AvgIpc) is 2.22. The number of benzene rings is 1. The van der Waals surface area contributed by atoms with Gasteiger partial charge in [0.15, 0.2) is 11.6 Å². The molecule has 0 atom stereocenters. The summed E-state index contributed by atoms with van der Waals surface area (Å²) in [6, 6.07) is 3.74. The number of amidine groups is 1. The highest BCUT2D eigenvalue weighted by atomic mass is 19.1. The lowest BCUT2D eigenvalue weighted by Crippen LogP contribution is -2.20. The molecule has 4 nitrogen and oxygen atoms in total. The van der Waals surface area contributed by atoms with Crippen LogP contribution in [0.15, 0.2) is 35.0 Å². The molecule has 0 heterocycles. The molecule has 1 aromatic carbocycles. The highest BCUT2D eigenvalue weighted by Gasteiger charge is 2.13. The fourth-order valence-electron chi connectivity index (χ4n) is 1.13. The lowest BCUT2D eigenvalue weighted by atomic mass is 9.92. The highest BCUT2D eigenvalue weighted by molar-refractivity contribution is 5.94. The van der Waals surface area contributed by atoms with Gasteiger partial charge in [-0.15, -0.1) is 0 Å². The first-order valence-electron chi connectivity index (χ1n) is 5.50. The Bertz CT molecular complexity index is 501. The number of nitrogens with two attached hydrogens (primary N) is 2. The minimum absolute atomic E-state index is 0.202. The van der Waals surface area contributed by atoms with E-state index < -0.39 is 11.6 Å². The molecule has 18 heavy (non-hydrogen) atoms. The molecule has 0 saturated heterocycles. The zero-order valence-electron chi connectivity index (χ0n) is 10.7. The van der Waals surface area contributed by atoms with Crippen molar-refractivity contribution in [3.63, 3.8) is 0 Å². The fourth-order valence-corrected chi connectivity index (χ4v) is 1.13. The summed E-state index contributed by atoms with van der Waals surface area (Å²) in [7, 11) is 0. The minimum Gasteiger partial charge on any atom is -0.505 e. The molecule has 0 aliphatic carbocycles. The van der Waals surface area contributed by atoms with E-state index in [9.17, 15) is 9.50 Å². The summed E-state index contributed by atoms with van der Waals surface area (Å²) in [5.74, 6) is -0.956. The van der Waals surface area contributed by atoms with E-state index in [2.05, 4.69) is 4.99 Å². The van der Waals surface area contributed by atoms with Gasteiger partial charge in [-0.3, -0.25) is 0 Å². The second kappa shape index (κ2) is 5.08. The van der Waals surface area contributed by atoms with Gasteiger partial charge >= 0.3 is 0 Å². The lowest BCUT2D eigenvalue weighted by Gasteiger charge is -2.18.